The number of fused-ring (bicyclic) bond motifs is 8. The molecule has 80 heavy (non-hydrogen) atoms. The molecule has 2 N–H and O–H groups in total. The molecule has 406 valence electrons. The third-order valence-electron chi connectivity index (χ3n) is 15.9. The number of nitrogens with zero attached hydrogens (tertiary/aromatic N) is 2. The smallest absolute Gasteiger partial charge is 0.127 e. The van der Waals surface area contributed by atoms with Crippen molar-refractivity contribution in [1.82, 2.24) is 19.9 Å². The summed E-state index contributed by atoms with van der Waals surface area (Å²) >= 11 is 0. The molecule has 6 nitrogen and oxygen atoms in total. The van der Waals surface area contributed by atoms with Gasteiger partial charge in [-0.3, -0.25) is 0 Å². The summed E-state index contributed by atoms with van der Waals surface area (Å²) in [6.45, 7) is 14.9. The van der Waals surface area contributed by atoms with Crippen LogP contribution in [0.4, 0.5) is 0 Å². The van der Waals surface area contributed by atoms with Gasteiger partial charge in [0, 0.05) is 61.0 Å². The van der Waals surface area contributed by atoms with E-state index in [4.69, 9.17) is 19.4 Å². The molecule has 0 saturated carbocycles. The molecule has 0 saturated heterocycles. The molecule has 0 fully saturated rings. The minimum atomic E-state index is 0.473. The van der Waals surface area contributed by atoms with E-state index in [0.717, 1.165) is 150 Å². The van der Waals surface area contributed by atoms with E-state index in [1.165, 1.54) is 37.7 Å². The number of hydrogen-bond acceptors (Lipinski definition) is 4. The van der Waals surface area contributed by atoms with Crippen LogP contribution in [0.5, 0.6) is 11.5 Å². The number of benzene rings is 5. The molecule has 2 unspecified atom stereocenters. The van der Waals surface area contributed by atoms with Crippen LogP contribution in [-0.4, -0.2) is 33.1 Å². The van der Waals surface area contributed by atoms with Gasteiger partial charge in [-0.2, -0.15) is 0 Å². The number of aromatic amines is 2. The van der Waals surface area contributed by atoms with Crippen LogP contribution in [0.3, 0.4) is 0 Å². The average molecular weight is 1060 g/mol. The lowest BCUT2D eigenvalue weighted by atomic mass is 9.98. The Labute approximate surface area is 475 Å². The average Bonchev–Trinajstić information content (AvgIpc) is 4.36. The molecule has 0 amide bonds. The van der Waals surface area contributed by atoms with Crippen LogP contribution in [0, 0.1) is 11.8 Å². The van der Waals surface area contributed by atoms with E-state index in [1.54, 1.807) is 0 Å². The van der Waals surface area contributed by atoms with Crippen molar-refractivity contribution in [2.45, 2.75) is 106 Å². The number of ether oxygens (including phenoxy) is 2. The fourth-order valence-corrected chi connectivity index (χ4v) is 11.2. The summed E-state index contributed by atoms with van der Waals surface area (Å²) in [6.07, 6.45) is 24.5. The second-order valence-corrected chi connectivity index (χ2v) is 21.4. The molecule has 6 heteroatoms. The van der Waals surface area contributed by atoms with Crippen LogP contribution in [0.15, 0.2) is 176 Å². The summed E-state index contributed by atoms with van der Waals surface area (Å²) in [4.78, 5) is 19.5. The van der Waals surface area contributed by atoms with Crippen molar-refractivity contribution in [3.05, 3.63) is 210 Å². The van der Waals surface area contributed by atoms with Gasteiger partial charge in [-0.05, 0) is 114 Å². The number of aromatic nitrogens is 4. The van der Waals surface area contributed by atoms with Gasteiger partial charge in [0.1, 0.15) is 11.5 Å². The molecule has 8 bridgehead atoms. The Kier molecular flexibility index (Phi) is 18.3. The van der Waals surface area contributed by atoms with Crippen LogP contribution in [-0.2, 0) is 6.42 Å². The largest absolute Gasteiger partial charge is 0.493 e. The number of unbranched alkanes of at least 4 members (excludes halogenated alkanes) is 2. The first-order valence-corrected chi connectivity index (χ1v) is 29.6. The number of H-pyrrole nitrogens is 2. The Morgan fingerprint density at radius 2 is 0.863 bits per heavy atom. The predicted octanol–water partition coefficient (Wildman–Crippen LogP) is 20.5. The highest BCUT2D eigenvalue weighted by Crippen LogP contribution is 2.43. The summed E-state index contributed by atoms with van der Waals surface area (Å²) in [5, 5.41) is 0. The van der Waals surface area contributed by atoms with Crippen LogP contribution in [0.2, 0.25) is 0 Å². The first-order valence-electron chi connectivity index (χ1n) is 29.6. The lowest BCUT2D eigenvalue weighted by Gasteiger charge is -2.21. The van der Waals surface area contributed by atoms with Crippen molar-refractivity contribution in [1.29, 1.82) is 0 Å². The van der Waals surface area contributed by atoms with E-state index in [9.17, 15) is 0 Å². The summed E-state index contributed by atoms with van der Waals surface area (Å²) in [6, 6.07) is 56.1. The fourth-order valence-electron chi connectivity index (χ4n) is 11.2. The number of allylic oxidation sites excluding steroid dienone is 5. The van der Waals surface area contributed by atoms with Gasteiger partial charge in [0.15, 0.2) is 0 Å². The van der Waals surface area contributed by atoms with Crippen molar-refractivity contribution >= 4 is 51.4 Å². The molecule has 10 rings (SSSR count). The van der Waals surface area contributed by atoms with E-state index in [0.29, 0.717) is 25.0 Å². The molecule has 5 aromatic carbocycles. The van der Waals surface area contributed by atoms with E-state index in [1.807, 2.05) is 0 Å². The van der Waals surface area contributed by atoms with Crippen LogP contribution in [0.25, 0.3) is 95.9 Å². The van der Waals surface area contributed by atoms with E-state index in [2.05, 4.69) is 246 Å². The van der Waals surface area contributed by atoms with Crippen molar-refractivity contribution in [3.63, 3.8) is 0 Å². The topological polar surface area (TPSA) is 75.8 Å². The van der Waals surface area contributed by atoms with E-state index in [-0.39, 0.29) is 0 Å². The summed E-state index contributed by atoms with van der Waals surface area (Å²) in [5.74, 6) is 2.79. The van der Waals surface area contributed by atoms with Gasteiger partial charge in [-0.1, -0.05) is 226 Å². The Balaban J connectivity index is 1.29. The van der Waals surface area contributed by atoms with Crippen molar-refractivity contribution < 1.29 is 9.47 Å². The van der Waals surface area contributed by atoms with Gasteiger partial charge in [0.05, 0.1) is 36.0 Å². The van der Waals surface area contributed by atoms with Crippen molar-refractivity contribution in [2.75, 3.05) is 13.2 Å². The maximum Gasteiger partial charge on any atom is 0.127 e. The monoisotopic (exact) mass is 1050 g/mol. The molecule has 2 aliphatic rings. The zero-order valence-electron chi connectivity index (χ0n) is 47.8. The van der Waals surface area contributed by atoms with Gasteiger partial charge in [0.25, 0.3) is 0 Å². The molecule has 0 aliphatic carbocycles. The molecule has 0 spiro atoms. The number of aryl methyl sites for hydroxylation is 1. The molecular formula is C74H78N4O2. The minimum absolute atomic E-state index is 0.473. The van der Waals surface area contributed by atoms with Gasteiger partial charge in [-0.15, -0.1) is 0 Å². The van der Waals surface area contributed by atoms with Gasteiger partial charge >= 0.3 is 0 Å². The maximum atomic E-state index is 6.96. The summed E-state index contributed by atoms with van der Waals surface area (Å²) in [7, 11) is 0. The SMILES string of the molecule is CC/C=C/C1=Cc2nc1c(-c1ccccc1)c1ccc([nH]1)c(-c1ccccc1)c1nc(c(-c3ccccc3)c3ccc([nH]3)c2-c2ccccc2)C=C1/C=C/c1cc(OCC(CC)CCCC)c(CC)cc1OCC(CC)CCCC. The lowest BCUT2D eigenvalue weighted by Crippen LogP contribution is -2.13. The standard InChI is InChI=1S/C74H78N4O2/c1-7-13-28-51(10-4)49-79-67-48-58(68(47-53(67)12-6)80-50-52(11-5)29-14-8-2)39-40-60-46-66-70(55-33-22-17-23-34-55)62-42-41-61(75-62)69(54-31-20-16-21-32-54)65-45-59(30-15-9-3)73(77-65)71(56-35-24-18-25-36-56)63-43-44-64(76-63)72(74(60)78-66)57-37-26-19-27-38-57/h15-27,30-48,51-52,75-76H,7-14,28-29,49-50H2,1-6H3/b30-15+,40-39+,69-61?,69-65?,70-62?,70-66?,71-63?,72-64?,73-71?,74-72?. The first kappa shape index (κ1) is 55.1. The Hall–Kier alpha value is -8.22. The minimum Gasteiger partial charge on any atom is -0.493 e. The molecule has 3 aromatic heterocycles. The molecular weight excluding hydrogens is 977 g/mol. The zero-order valence-corrected chi connectivity index (χ0v) is 47.8. The van der Waals surface area contributed by atoms with Crippen molar-refractivity contribution in [3.8, 4) is 56.0 Å². The van der Waals surface area contributed by atoms with Crippen LogP contribution >= 0.6 is 0 Å². The highest BCUT2D eigenvalue weighted by Gasteiger charge is 2.24. The third kappa shape index (κ3) is 12.5. The lowest BCUT2D eigenvalue weighted by molar-refractivity contribution is 0.226. The fraction of sp³-hybridized carbons (Fsp3) is 0.270. The quantitative estimate of drug-likeness (QED) is 0.0669. The Bertz CT molecular complexity index is 3680. The number of hydrogen-bond donors (Lipinski definition) is 2. The number of rotatable bonds is 23. The van der Waals surface area contributed by atoms with E-state index >= 15 is 0 Å². The van der Waals surface area contributed by atoms with Gasteiger partial charge < -0.3 is 19.4 Å². The second kappa shape index (κ2) is 26.6. The third-order valence-corrected chi connectivity index (χ3v) is 15.9. The predicted molar refractivity (Wildman–Crippen MR) is 340 cm³/mol. The summed E-state index contributed by atoms with van der Waals surface area (Å²) in [5.41, 5.74) is 19.8. The molecule has 0 radical (unpaired) electrons. The Morgan fingerprint density at radius 1 is 0.450 bits per heavy atom. The van der Waals surface area contributed by atoms with Crippen molar-refractivity contribution in [2.24, 2.45) is 11.8 Å². The highest BCUT2D eigenvalue weighted by molar-refractivity contribution is 6.06. The molecule has 2 aliphatic heterocycles. The molecule has 8 aromatic rings. The normalized spacial score (nSPS) is 13.2. The highest BCUT2D eigenvalue weighted by atomic mass is 16.5. The zero-order chi connectivity index (χ0) is 55.2. The van der Waals surface area contributed by atoms with Crippen LogP contribution in [0.1, 0.15) is 133 Å². The van der Waals surface area contributed by atoms with Gasteiger partial charge in [-0.25, -0.2) is 9.97 Å². The molecule has 5 heterocycles. The molecule has 2 atom stereocenters. The van der Waals surface area contributed by atoms with Gasteiger partial charge in [0.2, 0.25) is 0 Å². The maximum absolute atomic E-state index is 6.96. The van der Waals surface area contributed by atoms with Crippen LogP contribution < -0.4 is 9.47 Å². The first-order chi connectivity index (χ1) is 39.4. The Morgan fingerprint density at radius 3 is 1.27 bits per heavy atom. The number of nitrogens with one attached hydrogen (secondary N) is 2. The summed E-state index contributed by atoms with van der Waals surface area (Å²) < 4.78 is 13.8. The second-order valence-electron chi connectivity index (χ2n) is 21.4. The van der Waals surface area contributed by atoms with E-state index < -0.39 is 0 Å².